The van der Waals surface area contributed by atoms with Crippen LogP contribution < -0.4 is 15.8 Å². The lowest BCUT2D eigenvalue weighted by atomic mass is 10.1. The summed E-state index contributed by atoms with van der Waals surface area (Å²) >= 11 is 5.96. The van der Waals surface area contributed by atoms with Crippen LogP contribution in [0.25, 0.3) is 0 Å². The summed E-state index contributed by atoms with van der Waals surface area (Å²) in [5, 5.41) is 3.34. The molecule has 0 radical (unpaired) electrons. The van der Waals surface area contributed by atoms with E-state index in [0.717, 1.165) is 25.9 Å². The Morgan fingerprint density at radius 1 is 1.23 bits per heavy atom. The first-order chi connectivity index (χ1) is 12.5. The van der Waals surface area contributed by atoms with E-state index in [9.17, 15) is 9.59 Å². The zero-order valence-corrected chi connectivity index (χ0v) is 15.8. The van der Waals surface area contributed by atoms with Crippen LogP contribution in [0.5, 0.6) is 0 Å². The lowest BCUT2D eigenvalue weighted by Crippen LogP contribution is -2.39. The predicted octanol–water partition coefficient (Wildman–Crippen LogP) is 3.14. The number of carbonyl (C=O) groups is 1. The summed E-state index contributed by atoms with van der Waals surface area (Å²) in [6.07, 6.45) is 3.32. The third-order valence-electron chi connectivity index (χ3n) is 4.67. The lowest BCUT2D eigenvalue weighted by Gasteiger charge is -2.30. The molecule has 3 rings (SSSR count). The van der Waals surface area contributed by atoms with Crippen molar-refractivity contribution in [3.63, 3.8) is 0 Å². The number of aryl methyl sites for hydroxylation is 1. The molecule has 1 aliphatic rings. The van der Waals surface area contributed by atoms with Gasteiger partial charge in [-0.05, 0) is 51.3 Å². The quantitative estimate of drug-likeness (QED) is 0.892. The molecule has 0 unspecified atom stereocenters. The normalized spacial score (nSPS) is 14.3. The van der Waals surface area contributed by atoms with E-state index < -0.39 is 0 Å². The molecule has 7 heteroatoms. The van der Waals surface area contributed by atoms with Gasteiger partial charge in [-0.25, -0.2) is 4.98 Å². The molecule has 2 aromatic rings. The van der Waals surface area contributed by atoms with Gasteiger partial charge in [-0.3, -0.25) is 14.2 Å². The minimum atomic E-state index is -0.280. The summed E-state index contributed by atoms with van der Waals surface area (Å²) in [6, 6.07) is 6.94. The topological polar surface area (TPSA) is 67.2 Å². The van der Waals surface area contributed by atoms with Crippen LogP contribution in [0.1, 0.15) is 30.5 Å². The number of aromatic nitrogens is 2. The Morgan fingerprint density at radius 3 is 2.65 bits per heavy atom. The number of hydrogen-bond acceptors (Lipinski definition) is 4. The number of amides is 1. The second-order valence-corrected chi connectivity index (χ2v) is 7.06. The Kier molecular flexibility index (Phi) is 5.61. The van der Waals surface area contributed by atoms with Gasteiger partial charge in [-0.1, -0.05) is 17.7 Å². The molecule has 6 nitrogen and oxygen atoms in total. The number of nitrogens with one attached hydrogen (secondary N) is 1. The third kappa shape index (κ3) is 4.07. The van der Waals surface area contributed by atoms with Crippen LogP contribution in [-0.4, -0.2) is 28.5 Å². The fourth-order valence-corrected chi connectivity index (χ4v) is 3.32. The molecule has 1 fully saturated rings. The molecular formula is C19H23ClN4O2. The summed E-state index contributed by atoms with van der Waals surface area (Å²) in [5.74, 6) is 0.303. The Bertz CT molecular complexity index is 872. The molecule has 0 saturated carbocycles. The minimum absolute atomic E-state index is 0.0781. The van der Waals surface area contributed by atoms with Crippen molar-refractivity contribution in [2.75, 3.05) is 23.3 Å². The number of hydrogen-bond donors (Lipinski definition) is 1. The number of anilines is 2. The largest absolute Gasteiger partial charge is 0.342 e. The van der Waals surface area contributed by atoms with Gasteiger partial charge in [0.1, 0.15) is 6.54 Å². The van der Waals surface area contributed by atoms with Gasteiger partial charge in [0.05, 0.1) is 0 Å². The molecule has 1 amide bonds. The number of carbonyl (C=O) groups excluding carboxylic acids is 1. The first-order valence-corrected chi connectivity index (χ1v) is 9.22. The molecule has 0 spiro atoms. The van der Waals surface area contributed by atoms with Gasteiger partial charge >= 0.3 is 0 Å². The van der Waals surface area contributed by atoms with Crippen LogP contribution in [-0.2, 0) is 11.3 Å². The maximum absolute atomic E-state index is 12.8. The van der Waals surface area contributed by atoms with E-state index in [2.05, 4.69) is 15.2 Å². The van der Waals surface area contributed by atoms with Crippen LogP contribution in [0.2, 0.25) is 5.02 Å². The number of piperidine rings is 1. The highest BCUT2D eigenvalue weighted by Crippen LogP contribution is 2.19. The number of benzene rings is 1. The molecule has 26 heavy (non-hydrogen) atoms. The van der Waals surface area contributed by atoms with E-state index in [4.69, 9.17) is 11.6 Å². The van der Waals surface area contributed by atoms with Gasteiger partial charge in [0.15, 0.2) is 0 Å². The highest BCUT2D eigenvalue weighted by molar-refractivity contribution is 6.30. The number of nitrogens with zero attached hydrogens (tertiary/aromatic N) is 3. The van der Waals surface area contributed by atoms with Crippen molar-refractivity contribution < 1.29 is 4.79 Å². The molecule has 0 atom stereocenters. The van der Waals surface area contributed by atoms with E-state index >= 15 is 0 Å². The maximum Gasteiger partial charge on any atom is 0.258 e. The lowest BCUT2D eigenvalue weighted by molar-refractivity contribution is -0.116. The average molecular weight is 375 g/mol. The molecule has 1 aromatic carbocycles. The van der Waals surface area contributed by atoms with E-state index in [-0.39, 0.29) is 18.0 Å². The van der Waals surface area contributed by atoms with Crippen LogP contribution in [0.3, 0.4) is 0 Å². The Hall–Kier alpha value is -2.34. The summed E-state index contributed by atoms with van der Waals surface area (Å²) in [5.41, 5.74) is 1.72. The van der Waals surface area contributed by atoms with Gasteiger partial charge in [-0.2, -0.15) is 0 Å². The fraction of sp³-hybridized carbons (Fsp3) is 0.421. The highest BCUT2D eigenvalue weighted by Gasteiger charge is 2.20. The van der Waals surface area contributed by atoms with Crippen LogP contribution in [0.15, 0.2) is 29.1 Å². The van der Waals surface area contributed by atoms with Crippen molar-refractivity contribution in [3.05, 3.63) is 50.9 Å². The minimum Gasteiger partial charge on any atom is -0.342 e. The summed E-state index contributed by atoms with van der Waals surface area (Å²) in [4.78, 5) is 32.0. The maximum atomic E-state index is 12.8. The Balaban J connectivity index is 1.89. The second kappa shape index (κ2) is 7.91. The van der Waals surface area contributed by atoms with Crippen LogP contribution in [0, 0.1) is 13.8 Å². The Morgan fingerprint density at radius 2 is 1.96 bits per heavy atom. The van der Waals surface area contributed by atoms with E-state index in [1.165, 1.54) is 11.0 Å². The van der Waals surface area contributed by atoms with Crippen molar-refractivity contribution >= 4 is 29.1 Å². The van der Waals surface area contributed by atoms with E-state index in [1.807, 2.05) is 6.92 Å². The Labute approximate surface area is 157 Å². The third-order valence-corrected chi connectivity index (χ3v) is 4.90. The summed E-state index contributed by atoms with van der Waals surface area (Å²) in [7, 11) is 0. The molecule has 0 aliphatic carbocycles. The molecule has 2 heterocycles. The number of halogens is 1. The molecule has 1 saturated heterocycles. The average Bonchev–Trinajstić information content (AvgIpc) is 2.63. The zero-order valence-electron chi connectivity index (χ0n) is 15.1. The monoisotopic (exact) mass is 374 g/mol. The summed E-state index contributed by atoms with van der Waals surface area (Å²) in [6.45, 7) is 5.21. The van der Waals surface area contributed by atoms with E-state index in [1.54, 1.807) is 31.2 Å². The smallest absolute Gasteiger partial charge is 0.258 e. The van der Waals surface area contributed by atoms with Crippen LogP contribution in [0.4, 0.5) is 11.6 Å². The molecule has 1 aliphatic heterocycles. The molecular weight excluding hydrogens is 352 g/mol. The van der Waals surface area contributed by atoms with Crippen molar-refractivity contribution in [1.29, 1.82) is 0 Å². The van der Waals surface area contributed by atoms with Crippen molar-refractivity contribution in [1.82, 2.24) is 9.55 Å². The zero-order chi connectivity index (χ0) is 18.7. The van der Waals surface area contributed by atoms with Crippen molar-refractivity contribution in [3.8, 4) is 0 Å². The SMILES string of the molecule is Cc1nc(N2CCCCC2)n(CC(=O)Nc2cccc(Cl)c2)c(=O)c1C. The van der Waals surface area contributed by atoms with E-state index in [0.29, 0.717) is 27.9 Å². The second-order valence-electron chi connectivity index (χ2n) is 6.62. The van der Waals surface area contributed by atoms with Gasteiger partial charge in [-0.15, -0.1) is 0 Å². The molecule has 1 aromatic heterocycles. The standard InChI is InChI=1S/C19H23ClN4O2/c1-13-14(2)21-19(23-9-4-3-5-10-23)24(18(13)26)12-17(25)22-16-8-6-7-15(20)11-16/h6-8,11H,3-5,9-10,12H2,1-2H3,(H,22,25). The highest BCUT2D eigenvalue weighted by atomic mass is 35.5. The van der Waals surface area contributed by atoms with Gasteiger partial charge in [0.2, 0.25) is 11.9 Å². The van der Waals surface area contributed by atoms with Gasteiger partial charge < -0.3 is 10.2 Å². The first kappa shape index (κ1) is 18.5. The fourth-order valence-electron chi connectivity index (χ4n) is 3.13. The first-order valence-electron chi connectivity index (χ1n) is 8.84. The van der Waals surface area contributed by atoms with Crippen molar-refractivity contribution in [2.24, 2.45) is 0 Å². The predicted molar refractivity (Wildman–Crippen MR) is 104 cm³/mol. The van der Waals surface area contributed by atoms with Crippen molar-refractivity contribution in [2.45, 2.75) is 39.7 Å². The van der Waals surface area contributed by atoms with Gasteiger partial charge in [0, 0.05) is 35.1 Å². The molecule has 1 N–H and O–H groups in total. The molecule has 0 bridgehead atoms. The van der Waals surface area contributed by atoms with Crippen LogP contribution >= 0.6 is 11.6 Å². The summed E-state index contributed by atoms with van der Waals surface area (Å²) < 4.78 is 1.48. The van der Waals surface area contributed by atoms with Gasteiger partial charge in [0.25, 0.3) is 5.56 Å². The molecule has 138 valence electrons. The number of rotatable bonds is 4.